The zero-order valence-corrected chi connectivity index (χ0v) is 9.74. The van der Waals surface area contributed by atoms with E-state index in [1.165, 1.54) is 25.9 Å². The zero-order chi connectivity index (χ0) is 11.2. The molecule has 0 spiro atoms. The first-order valence-corrected chi connectivity index (χ1v) is 6.09. The van der Waals surface area contributed by atoms with Crippen molar-refractivity contribution in [1.82, 2.24) is 10.2 Å². The fourth-order valence-corrected chi connectivity index (χ4v) is 2.08. The van der Waals surface area contributed by atoms with Crippen LogP contribution in [0.1, 0.15) is 24.4 Å². The molecule has 0 bridgehead atoms. The monoisotopic (exact) mass is 223 g/mol. The normalized spacial score (nSPS) is 17.1. The lowest BCUT2D eigenvalue weighted by Gasteiger charge is -2.11. The Bertz CT molecular complexity index is 305. The third-order valence-corrected chi connectivity index (χ3v) is 2.92. The molecule has 0 unspecified atom stereocenters. The highest BCUT2D eigenvalue weighted by atomic mass is 16.3. The van der Waals surface area contributed by atoms with Gasteiger partial charge < -0.3 is 15.5 Å². The SMILES string of the molecule is NCCNCc1ccc(CN2CCCC2)o1. The van der Waals surface area contributed by atoms with Crippen LogP contribution >= 0.6 is 0 Å². The molecule has 0 atom stereocenters. The molecule has 0 aliphatic carbocycles. The summed E-state index contributed by atoms with van der Waals surface area (Å²) in [6.45, 7) is 5.65. The summed E-state index contributed by atoms with van der Waals surface area (Å²) in [7, 11) is 0. The second kappa shape index (κ2) is 6.03. The molecule has 16 heavy (non-hydrogen) atoms. The van der Waals surface area contributed by atoms with Gasteiger partial charge in [0.05, 0.1) is 13.1 Å². The Labute approximate surface area is 96.8 Å². The molecule has 1 aromatic rings. The highest BCUT2D eigenvalue weighted by molar-refractivity contribution is 5.07. The summed E-state index contributed by atoms with van der Waals surface area (Å²) in [6, 6.07) is 4.13. The molecule has 0 aromatic carbocycles. The molecule has 0 radical (unpaired) electrons. The van der Waals surface area contributed by atoms with Crippen molar-refractivity contribution < 1.29 is 4.42 Å². The van der Waals surface area contributed by atoms with Crippen LogP contribution in [-0.4, -0.2) is 31.1 Å². The number of nitrogens with zero attached hydrogens (tertiary/aromatic N) is 1. The zero-order valence-electron chi connectivity index (χ0n) is 9.74. The maximum atomic E-state index is 5.75. The van der Waals surface area contributed by atoms with Crippen molar-refractivity contribution in [3.05, 3.63) is 23.7 Å². The van der Waals surface area contributed by atoms with Crippen molar-refractivity contribution >= 4 is 0 Å². The van der Waals surface area contributed by atoms with Crippen LogP contribution in [0.4, 0.5) is 0 Å². The second-order valence-corrected chi connectivity index (χ2v) is 4.32. The third-order valence-electron chi connectivity index (χ3n) is 2.92. The smallest absolute Gasteiger partial charge is 0.118 e. The Morgan fingerprint density at radius 3 is 2.75 bits per heavy atom. The van der Waals surface area contributed by atoms with Crippen LogP contribution < -0.4 is 11.1 Å². The maximum absolute atomic E-state index is 5.75. The van der Waals surface area contributed by atoms with Crippen LogP contribution in [0.2, 0.25) is 0 Å². The average molecular weight is 223 g/mol. The quantitative estimate of drug-likeness (QED) is 0.704. The molecular formula is C12H21N3O. The van der Waals surface area contributed by atoms with Gasteiger partial charge >= 0.3 is 0 Å². The molecule has 1 aromatic heterocycles. The predicted molar refractivity (Wildman–Crippen MR) is 64.0 cm³/mol. The topological polar surface area (TPSA) is 54.4 Å². The first-order chi connectivity index (χ1) is 7.88. The van der Waals surface area contributed by atoms with Crippen LogP contribution in [0.25, 0.3) is 0 Å². The fraction of sp³-hybridized carbons (Fsp3) is 0.667. The van der Waals surface area contributed by atoms with E-state index in [0.29, 0.717) is 6.54 Å². The van der Waals surface area contributed by atoms with Gasteiger partial charge in [-0.3, -0.25) is 4.90 Å². The first kappa shape index (κ1) is 11.6. The van der Waals surface area contributed by atoms with E-state index >= 15 is 0 Å². The summed E-state index contributed by atoms with van der Waals surface area (Å²) in [5.41, 5.74) is 5.41. The van der Waals surface area contributed by atoms with Gasteiger partial charge in [0, 0.05) is 13.1 Å². The molecule has 4 nitrogen and oxygen atoms in total. The summed E-state index contributed by atoms with van der Waals surface area (Å²) < 4.78 is 5.75. The van der Waals surface area contributed by atoms with Crippen molar-refractivity contribution in [1.29, 1.82) is 0 Å². The Balaban J connectivity index is 1.77. The summed E-state index contributed by atoms with van der Waals surface area (Å²) in [5.74, 6) is 2.08. The Morgan fingerprint density at radius 1 is 1.25 bits per heavy atom. The van der Waals surface area contributed by atoms with Gasteiger partial charge in [-0.1, -0.05) is 0 Å². The van der Waals surface area contributed by atoms with Gasteiger partial charge in [0.1, 0.15) is 11.5 Å². The molecule has 1 aliphatic rings. The highest BCUT2D eigenvalue weighted by Gasteiger charge is 2.13. The average Bonchev–Trinajstić information content (AvgIpc) is 2.91. The molecular weight excluding hydrogens is 202 g/mol. The van der Waals surface area contributed by atoms with Gasteiger partial charge in [-0.15, -0.1) is 0 Å². The van der Waals surface area contributed by atoms with Crippen molar-refractivity contribution in [3.63, 3.8) is 0 Å². The van der Waals surface area contributed by atoms with Crippen molar-refractivity contribution in [2.24, 2.45) is 5.73 Å². The van der Waals surface area contributed by atoms with Crippen LogP contribution in [-0.2, 0) is 13.1 Å². The van der Waals surface area contributed by atoms with E-state index in [2.05, 4.69) is 22.3 Å². The molecule has 1 saturated heterocycles. The number of likely N-dealkylation sites (tertiary alicyclic amines) is 1. The number of nitrogens with two attached hydrogens (primary N) is 1. The van der Waals surface area contributed by atoms with E-state index in [4.69, 9.17) is 10.2 Å². The predicted octanol–water partition coefficient (Wildman–Crippen LogP) is 0.924. The Morgan fingerprint density at radius 2 is 2.00 bits per heavy atom. The van der Waals surface area contributed by atoms with Gasteiger partial charge in [-0.2, -0.15) is 0 Å². The molecule has 4 heteroatoms. The fourth-order valence-electron chi connectivity index (χ4n) is 2.08. The highest BCUT2D eigenvalue weighted by Crippen LogP contribution is 2.14. The number of hydrogen-bond donors (Lipinski definition) is 2. The lowest BCUT2D eigenvalue weighted by molar-refractivity contribution is 0.292. The maximum Gasteiger partial charge on any atom is 0.118 e. The standard InChI is InChI=1S/C12H21N3O/c13-5-6-14-9-11-3-4-12(16-11)10-15-7-1-2-8-15/h3-4,14H,1-2,5-10,13H2. The minimum Gasteiger partial charge on any atom is -0.463 e. The van der Waals surface area contributed by atoms with Crippen molar-refractivity contribution in [3.8, 4) is 0 Å². The van der Waals surface area contributed by atoms with Crippen LogP contribution in [0.15, 0.2) is 16.5 Å². The number of nitrogens with one attached hydrogen (secondary N) is 1. The Kier molecular flexibility index (Phi) is 4.39. The molecule has 0 amide bonds. The molecule has 2 rings (SSSR count). The first-order valence-electron chi connectivity index (χ1n) is 6.09. The molecule has 0 saturated carbocycles. The summed E-state index contributed by atoms with van der Waals surface area (Å²) >= 11 is 0. The number of furan rings is 1. The van der Waals surface area contributed by atoms with Gasteiger partial charge in [0.25, 0.3) is 0 Å². The molecule has 3 N–H and O–H groups in total. The Hall–Kier alpha value is -0.840. The summed E-state index contributed by atoms with van der Waals surface area (Å²) in [4.78, 5) is 2.44. The molecule has 1 fully saturated rings. The lowest BCUT2D eigenvalue weighted by Crippen LogP contribution is -2.21. The van der Waals surface area contributed by atoms with Crippen molar-refractivity contribution in [2.75, 3.05) is 26.2 Å². The number of rotatable bonds is 6. The minimum absolute atomic E-state index is 0.668. The molecule has 1 aliphatic heterocycles. The lowest BCUT2D eigenvalue weighted by atomic mass is 10.4. The second-order valence-electron chi connectivity index (χ2n) is 4.32. The molecule has 2 heterocycles. The van der Waals surface area contributed by atoms with Crippen LogP contribution in [0.3, 0.4) is 0 Å². The molecule has 90 valence electrons. The van der Waals surface area contributed by atoms with E-state index < -0.39 is 0 Å². The summed E-state index contributed by atoms with van der Waals surface area (Å²) in [6.07, 6.45) is 2.65. The van der Waals surface area contributed by atoms with E-state index in [1.807, 2.05) is 0 Å². The van der Waals surface area contributed by atoms with E-state index in [-0.39, 0.29) is 0 Å². The van der Waals surface area contributed by atoms with E-state index in [1.54, 1.807) is 0 Å². The third kappa shape index (κ3) is 3.33. The van der Waals surface area contributed by atoms with Crippen molar-refractivity contribution in [2.45, 2.75) is 25.9 Å². The summed E-state index contributed by atoms with van der Waals surface area (Å²) in [5, 5.41) is 3.23. The van der Waals surface area contributed by atoms with Gasteiger partial charge in [-0.05, 0) is 38.1 Å². The van der Waals surface area contributed by atoms with E-state index in [9.17, 15) is 0 Å². The largest absolute Gasteiger partial charge is 0.463 e. The van der Waals surface area contributed by atoms with Gasteiger partial charge in [0.2, 0.25) is 0 Å². The number of hydrogen-bond acceptors (Lipinski definition) is 4. The van der Waals surface area contributed by atoms with E-state index in [0.717, 1.165) is 31.2 Å². The minimum atomic E-state index is 0.668. The van der Waals surface area contributed by atoms with Gasteiger partial charge in [0.15, 0.2) is 0 Å². The van der Waals surface area contributed by atoms with Crippen LogP contribution in [0.5, 0.6) is 0 Å². The van der Waals surface area contributed by atoms with Crippen LogP contribution in [0, 0.1) is 0 Å². The van der Waals surface area contributed by atoms with Gasteiger partial charge in [-0.25, -0.2) is 0 Å².